The van der Waals surface area contributed by atoms with Gasteiger partial charge in [0, 0.05) is 113 Å². The first-order valence-corrected chi connectivity index (χ1v) is 23.4. The number of hydrogen-bond acceptors (Lipinski definition) is 10. The molecule has 3 aromatic rings. The number of β-lactam (4-membered cyclic amide) rings is 1. The van der Waals surface area contributed by atoms with Gasteiger partial charge in [-0.3, -0.25) is 29.4 Å². The Hall–Kier alpha value is -5.35. The number of phenolic OH excluding ortho intramolecular Hbond substituents is 1. The minimum atomic E-state index is -1.18. The smallest absolute Gasteiger partial charge is 0.255 e. The van der Waals surface area contributed by atoms with Crippen molar-refractivity contribution in [3.63, 3.8) is 0 Å². The third kappa shape index (κ3) is 8.29. The Bertz CT molecular complexity index is 2340. The van der Waals surface area contributed by atoms with Crippen LogP contribution in [0.25, 0.3) is 0 Å². The maximum Gasteiger partial charge on any atom is 0.255 e. The van der Waals surface area contributed by atoms with Crippen molar-refractivity contribution in [2.24, 2.45) is 17.3 Å². The molecule has 4 amide bonds. The molecule has 2 atom stereocenters. The van der Waals surface area contributed by atoms with Gasteiger partial charge in [-0.25, -0.2) is 13.2 Å². The lowest BCUT2D eigenvalue weighted by Crippen LogP contribution is -2.63. The summed E-state index contributed by atoms with van der Waals surface area (Å²) in [6.45, 7) is 13.5. The maximum atomic E-state index is 16.3. The number of imide groups is 1. The molecule has 6 aliphatic rings. The van der Waals surface area contributed by atoms with Gasteiger partial charge in [-0.2, -0.15) is 0 Å². The molecule has 0 aliphatic carbocycles. The van der Waals surface area contributed by atoms with E-state index in [2.05, 4.69) is 26.1 Å². The highest BCUT2D eigenvalue weighted by Crippen LogP contribution is 2.59. The van der Waals surface area contributed by atoms with Crippen LogP contribution in [0.15, 0.2) is 42.5 Å². The summed E-state index contributed by atoms with van der Waals surface area (Å²) >= 11 is 0. The number of amides is 4. The van der Waals surface area contributed by atoms with Crippen LogP contribution in [0.1, 0.15) is 92.7 Å². The second-order valence-corrected chi connectivity index (χ2v) is 18.9. The van der Waals surface area contributed by atoms with Crippen molar-refractivity contribution in [2.75, 3.05) is 87.3 Å². The van der Waals surface area contributed by atoms with Crippen molar-refractivity contribution in [3.8, 4) is 11.5 Å². The van der Waals surface area contributed by atoms with Gasteiger partial charge in [-0.15, -0.1) is 0 Å². The fraction of sp³-hybridized carbons (Fsp3) is 0.551. The number of carbonyl (C=O) groups is 4. The summed E-state index contributed by atoms with van der Waals surface area (Å²) in [6.07, 6.45) is 5.40. The van der Waals surface area contributed by atoms with Gasteiger partial charge in [-0.05, 0) is 80.5 Å². The van der Waals surface area contributed by atoms with Crippen molar-refractivity contribution in [1.82, 2.24) is 20.0 Å². The largest absolute Gasteiger partial charge is 0.503 e. The summed E-state index contributed by atoms with van der Waals surface area (Å²) < 4.78 is 51.0. The van der Waals surface area contributed by atoms with Gasteiger partial charge in [-0.1, -0.05) is 19.9 Å². The van der Waals surface area contributed by atoms with Gasteiger partial charge in [0.25, 0.3) is 5.91 Å². The number of aromatic hydroxyl groups is 1. The molecule has 2 N–H and O–H groups in total. The number of nitrogens with one attached hydrogen (secondary N) is 1. The zero-order valence-corrected chi connectivity index (χ0v) is 37.6. The maximum absolute atomic E-state index is 16.3. The van der Waals surface area contributed by atoms with Crippen molar-refractivity contribution in [3.05, 3.63) is 76.6 Å². The molecule has 0 saturated carbocycles. The number of phenols is 1. The number of piperidine rings is 3. The lowest BCUT2D eigenvalue weighted by Gasteiger charge is -2.56. The van der Waals surface area contributed by atoms with Crippen LogP contribution in [0, 0.1) is 34.7 Å². The van der Waals surface area contributed by atoms with Gasteiger partial charge < -0.3 is 34.3 Å². The summed E-state index contributed by atoms with van der Waals surface area (Å²) in [5.74, 6) is -3.16. The van der Waals surface area contributed by atoms with Crippen LogP contribution in [0.5, 0.6) is 11.5 Å². The van der Waals surface area contributed by atoms with E-state index in [1.807, 2.05) is 30.9 Å². The van der Waals surface area contributed by atoms with E-state index in [1.54, 1.807) is 11.0 Å². The molecule has 6 heterocycles. The van der Waals surface area contributed by atoms with Crippen molar-refractivity contribution < 1.29 is 42.2 Å². The van der Waals surface area contributed by atoms with Gasteiger partial charge >= 0.3 is 0 Å². The monoisotopic (exact) mass is 899 g/mol. The molecular formula is C49H60F3N7O6. The van der Waals surface area contributed by atoms with E-state index in [-0.39, 0.29) is 23.9 Å². The van der Waals surface area contributed by atoms with E-state index in [9.17, 15) is 33.1 Å². The normalized spacial score (nSPS) is 23.5. The van der Waals surface area contributed by atoms with E-state index >= 15 is 4.39 Å². The number of ether oxygens (including phenoxy) is 1. The second kappa shape index (κ2) is 18.1. The average Bonchev–Trinajstić information content (AvgIpc) is 3.63. The first-order chi connectivity index (χ1) is 31.3. The number of anilines is 3. The van der Waals surface area contributed by atoms with Crippen LogP contribution in [0.4, 0.5) is 30.2 Å². The lowest BCUT2D eigenvalue weighted by atomic mass is 9.64. The molecule has 0 radical (unpaired) electrons. The average molecular weight is 900 g/mol. The summed E-state index contributed by atoms with van der Waals surface area (Å²) in [4.78, 5) is 63.6. The highest BCUT2D eigenvalue weighted by molar-refractivity contribution is 6.08. The van der Waals surface area contributed by atoms with Crippen LogP contribution < -0.4 is 24.8 Å². The molecule has 9 rings (SSSR count). The molecular weight excluding hydrogens is 840 g/mol. The predicted molar refractivity (Wildman–Crippen MR) is 239 cm³/mol. The number of piperazine rings is 1. The molecule has 13 nitrogen and oxygen atoms in total. The van der Waals surface area contributed by atoms with Crippen molar-refractivity contribution in [2.45, 2.75) is 83.8 Å². The molecule has 5 saturated heterocycles. The number of fused-ring (bicyclic) bond motifs is 1. The third-order valence-electron chi connectivity index (χ3n) is 15.5. The molecule has 0 spiro atoms. The first-order valence-electron chi connectivity index (χ1n) is 23.4. The Labute approximate surface area is 378 Å². The van der Waals surface area contributed by atoms with Gasteiger partial charge in [0.1, 0.15) is 23.4 Å². The third-order valence-corrected chi connectivity index (χ3v) is 15.5. The number of benzene rings is 3. The number of rotatable bonds is 12. The van der Waals surface area contributed by atoms with Gasteiger partial charge in [0.05, 0.1) is 29.9 Å². The Morgan fingerprint density at radius 3 is 1.98 bits per heavy atom. The minimum absolute atomic E-state index is 0.142. The molecule has 6 aliphatic heterocycles. The van der Waals surface area contributed by atoms with Crippen LogP contribution in [-0.4, -0.2) is 122 Å². The van der Waals surface area contributed by atoms with Crippen LogP contribution in [0.3, 0.4) is 0 Å². The molecule has 0 unspecified atom stereocenters. The standard InChI is InChI=1S/C49H60F3N7O6/c1-4-49(5-2)45(59(48(49)64)41-23-33(50)22-38(52)44(41)61)36-25-37(51)40(26-42(36)65-3)57-16-12-31(13-17-57)28-55-20-18-54(19-21-55)27-30-10-14-56(15-11-30)34-7-6-32-29-58(47(63)35(32)24-34)39-8-9-43(60)53-46(39)62/h6-7,22-26,30-31,39,45,61H,4-5,8-21,27-29H2,1-3H3,(H,53,60,62)/t39-,45-/m0/s1. The number of nitrogens with zero attached hydrogens (tertiary/aromatic N) is 6. The number of methoxy groups -OCH3 is 1. The predicted octanol–water partition coefficient (Wildman–Crippen LogP) is 6.22. The minimum Gasteiger partial charge on any atom is -0.503 e. The number of carbonyl (C=O) groups excluding carboxylic acids is 4. The lowest BCUT2D eigenvalue weighted by molar-refractivity contribution is -0.141. The van der Waals surface area contributed by atoms with E-state index in [4.69, 9.17) is 4.74 Å². The summed E-state index contributed by atoms with van der Waals surface area (Å²) in [5.41, 5.74) is 2.15. The highest BCUT2D eigenvalue weighted by atomic mass is 19.1. The van der Waals surface area contributed by atoms with Crippen molar-refractivity contribution in [1.29, 1.82) is 0 Å². The topological polar surface area (TPSA) is 129 Å². The fourth-order valence-electron chi connectivity index (χ4n) is 11.6. The molecule has 16 heteroatoms. The van der Waals surface area contributed by atoms with Crippen molar-refractivity contribution >= 4 is 40.7 Å². The number of hydrogen-bond donors (Lipinski definition) is 2. The van der Waals surface area contributed by atoms with Crippen LogP contribution in [0.2, 0.25) is 0 Å². The summed E-state index contributed by atoms with van der Waals surface area (Å²) in [6, 6.07) is 9.20. The Morgan fingerprint density at radius 2 is 1.38 bits per heavy atom. The zero-order chi connectivity index (χ0) is 45.7. The molecule has 348 valence electrons. The molecule has 65 heavy (non-hydrogen) atoms. The van der Waals surface area contributed by atoms with Gasteiger partial charge in [0.15, 0.2) is 11.6 Å². The van der Waals surface area contributed by atoms with Crippen LogP contribution in [-0.2, 0) is 20.9 Å². The van der Waals surface area contributed by atoms with Gasteiger partial charge in [0.2, 0.25) is 17.7 Å². The second-order valence-electron chi connectivity index (χ2n) is 18.9. The Kier molecular flexibility index (Phi) is 12.5. The summed E-state index contributed by atoms with van der Waals surface area (Å²) in [5, 5.41) is 12.9. The quantitative estimate of drug-likeness (QED) is 0.160. The first kappa shape index (κ1) is 44.8. The number of halogens is 3. The Balaban J connectivity index is 0.744. The highest BCUT2D eigenvalue weighted by Gasteiger charge is 2.61. The van der Waals surface area contributed by atoms with E-state index < -0.39 is 52.5 Å². The fourth-order valence-corrected chi connectivity index (χ4v) is 11.6. The van der Waals surface area contributed by atoms with Crippen LogP contribution >= 0.6 is 0 Å². The SMILES string of the molecule is CCC1(CC)C(=O)N(c2cc(F)cc(F)c2O)[C@H]1c1cc(F)c(N2CCC(CN3CCN(CC4CCN(c5ccc6c(c5)C(=O)N([C@H]5CCC(=O)NC5=O)C6)CC4)CC3)CC2)cc1OC. The van der Waals surface area contributed by atoms with E-state index in [1.165, 1.54) is 18.1 Å². The van der Waals surface area contributed by atoms with E-state index in [0.29, 0.717) is 79.4 Å². The Morgan fingerprint density at radius 1 is 0.754 bits per heavy atom. The molecule has 0 bridgehead atoms. The molecule has 3 aromatic carbocycles. The zero-order valence-electron chi connectivity index (χ0n) is 37.6. The molecule has 5 fully saturated rings. The molecule has 0 aromatic heterocycles. The summed E-state index contributed by atoms with van der Waals surface area (Å²) in [7, 11) is 1.49. The van der Waals surface area contributed by atoms with E-state index in [0.717, 1.165) is 95.4 Å².